The van der Waals surface area contributed by atoms with Crippen LogP contribution in [0.15, 0.2) is 24.3 Å². The number of hydrogen-bond donors (Lipinski definition) is 2. The van der Waals surface area contributed by atoms with Gasteiger partial charge in [0.25, 0.3) is 0 Å². The van der Waals surface area contributed by atoms with E-state index in [0.717, 1.165) is 37.4 Å². The third-order valence-corrected chi connectivity index (χ3v) is 3.20. The molecule has 0 radical (unpaired) electrons. The second-order valence-electron chi connectivity index (χ2n) is 5.26. The normalized spacial score (nSPS) is 11.4. The number of anilines is 1. The Morgan fingerprint density at radius 3 is 2.84 bits per heavy atom. The number of para-hydroxylation sites is 2. The average Bonchev–Trinajstić information content (AvgIpc) is 2.74. The Balaban J connectivity index is 2.23. The fourth-order valence-corrected chi connectivity index (χ4v) is 2.10. The lowest BCUT2D eigenvalue weighted by atomic mass is 10.1. The van der Waals surface area contributed by atoms with Gasteiger partial charge in [-0.2, -0.15) is 0 Å². The minimum atomic E-state index is 0.208. The molecule has 0 spiro atoms. The number of rotatable bonds is 7. The molecule has 0 bridgehead atoms. The van der Waals surface area contributed by atoms with Crippen molar-refractivity contribution in [2.24, 2.45) is 5.92 Å². The van der Waals surface area contributed by atoms with E-state index in [1.165, 1.54) is 5.52 Å². The Hall–Kier alpha value is -1.55. The molecule has 0 atom stereocenters. The molecule has 0 amide bonds. The number of aliphatic hydroxyl groups excluding tert-OH is 1. The van der Waals surface area contributed by atoms with Gasteiger partial charge in [0, 0.05) is 19.7 Å². The maximum Gasteiger partial charge on any atom is 0.203 e. The van der Waals surface area contributed by atoms with Crippen molar-refractivity contribution in [3.8, 4) is 0 Å². The van der Waals surface area contributed by atoms with E-state index in [1.807, 2.05) is 18.2 Å². The Bertz CT molecular complexity index is 519. The van der Waals surface area contributed by atoms with Gasteiger partial charge in [-0.15, -0.1) is 0 Å². The van der Waals surface area contributed by atoms with E-state index >= 15 is 0 Å². The van der Waals surface area contributed by atoms with Crippen molar-refractivity contribution >= 4 is 17.0 Å². The van der Waals surface area contributed by atoms with Crippen molar-refractivity contribution in [3.63, 3.8) is 0 Å². The van der Waals surface area contributed by atoms with Gasteiger partial charge in [-0.1, -0.05) is 26.0 Å². The fraction of sp³-hybridized carbons (Fsp3) is 0.533. The van der Waals surface area contributed by atoms with E-state index in [1.54, 1.807) is 0 Å². The van der Waals surface area contributed by atoms with Crippen LogP contribution >= 0.6 is 0 Å². The minimum Gasteiger partial charge on any atom is -0.396 e. The second-order valence-corrected chi connectivity index (χ2v) is 5.26. The summed E-state index contributed by atoms with van der Waals surface area (Å²) in [5.74, 6) is 1.58. The Labute approximate surface area is 114 Å². The van der Waals surface area contributed by atoms with Gasteiger partial charge in [-0.3, -0.25) is 0 Å². The number of fused-ring (bicyclic) bond motifs is 1. The molecule has 2 rings (SSSR count). The van der Waals surface area contributed by atoms with Crippen LogP contribution in [-0.2, 0) is 6.54 Å². The highest BCUT2D eigenvalue weighted by Gasteiger charge is 2.10. The van der Waals surface area contributed by atoms with E-state index in [0.29, 0.717) is 5.92 Å². The number of imidazole rings is 1. The molecule has 2 N–H and O–H groups in total. The predicted octanol–water partition coefficient (Wildman–Crippen LogP) is 2.88. The molecule has 0 unspecified atom stereocenters. The minimum absolute atomic E-state index is 0.208. The van der Waals surface area contributed by atoms with Crippen LogP contribution in [0.5, 0.6) is 0 Å². The first kappa shape index (κ1) is 13.9. The van der Waals surface area contributed by atoms with Gasteiger partial charge in [0.2, 0.25) is 5.95 Å². The molecule has 0 aliphatic carbocycles. The van der Waals surface area contributed by atoms with Crippen LogP contribution in [0.2, 0.25) is 0 Å². The number of hydrogen-bond acceptors (Lipinski definition) is 3. The Morgan fingerprint density at radius 1 is 1.32 bits per heavy atom. The van der Waals surface area contributed by atoms with Crippen LogP contribution in [0.25, 0.3) is 11.0 Å². The van der Waals surface area contributed by atoms with Gasteiger partial charge in [-0.25, -0.2) is 4.98 Å². The van der Waals surface area contributed by atoms with Gasteiger partial charge >= 0.3 is 0 Å². The summed E-state index contributed by atoms with van der Waals surface area (Å²) in [6, 6.07) is 8.21. The molecule has 0 aliphatic heterocycles. The number of aromatic nitrogens is 2. The van der Waals surface area contributed by atoms with Crippen molar-refractivity contribution in [2.75, 3.05) is 18.5 Å². The van der Waals surface area contributed by atoms with E-state index in [-0.39, 0.29) is 6.61 Å². The smallest absolute Gasteiger partial charge is 0.203 e. The first-order chi connectivity index (χ1) is 9.22. The molecular formula is C15H23N3O. The van der Waals surface area contributed by atoms with Crippen molar-refractivity contribution in [1.29, 1.82) is 0 Å². The monoisotopic (exact) mass is 261 g/mol. The number of benzene rings is 1. The maximum absolute atomic E-state index is 8.86. The SMILES string of the molecule is CC(C)CCn1c(NCCCO)nc2ccccc21. The Morgan fingerprint density at radius 2 is 2.11 bits per heavy atom. The van der Waals surface area contributed by atoms with Crippen molar-refractivity contribution in [2.45, 2.75) is 33.2 Å². The zero-order valence-corrected chi connectivity index (χ0v) is 11.8. The third kappa shape index (κ3) is 3.47. The van der Waals surface area contributed by atoms with Gasteiger partial charge in [0.1, 0.15) is 0 Å². The summed E-state index contributed by atoms with van der Waals surface area (Å²) >= 11 is 0. The van der Waals surface area contributed by atoms with Gasteiger partial charge in [0.15, 0.2) is 0 Å². The van der Waals surface area contributed by atoms with Crippen molar-refractivity contribution in [1.82, 2.24) is 9.55 Å². The van der Waals surface area contributed by atoms with E-state index in [9.17, 15) is 0 Å². The van der Waals surface area contributed by atoms with E-state index < -0.39 is 0 Å². The first-order valence-electron chi connectivity index (χ1n) is 7.02. The lowest BCUT2D eigenvalue weighted by molar-refractivity contribution is 0.292. The fourth-order valence-electron chi connectivity index (χ4n) is 2.10. The van der Waals surface area contributed by atoms with Crippen molar-refractivity contribution in [3.05, 3.63) is 24.3 Å². The molecule has 0 saturated heterocycles. The third-order valence-electron chi connectivity index (χ3n) is 3.20. The second kappa shape index (κ2) is 6.57. The molecular weight excluding hydrogens is 238 g/mol. The van der Waals surface area contributed by atoms with Gasteiger partial charge in [-0.05, 0) is 30.9 Å². The highest BCUT2D eigenvalue weighted by Crippen LogP contribution is 2.20. The van der Waals surface area contributed by atoms with Crippen LogP contribution in [0, 0.1) is 5.92 Å². The standard InChI is InChI=1S/C15H23N3O/c1-12(2)8-10-18-14-7-4-3-6-13(14)17-15(18)16-9-5-11-19/h3-4,6-7,12,19H,5,8-11H2,1-2H3,(H,16,17). The van der Waals surface area contributed by atoms with Crippen molar-refractivity contribution < 1.29 is 5.11 Å². The molecule has 1 heterocycles. The summed E-state index contributed by atoms with van der Waals surface area (Å²) in [4.78, 5) is 4.63. The Kier molecular flexibility index (Phi) is 4.80. The average molecular weight is 261 g/mol. The van der Waals surface area contributed by atoms with Crippen LogP contribution in [0.1, 0.15) is 26.7 Å². The van der Waals surface area contributed by atoms with Crippen LogP contribution in [0.4, 0.5) is 5.95 Å². The molecule has 0 saturated carbocycles. The molecule has 2 aromatic rings. The molecule has 19 heavy (non-hydrogen) atoms. The number of aryl methyl sites for hydroxylation is 1. The summed E-state index contributed by atoms with van der Waals surface area (Å²) in [5, 5.41) is 12.2. The van der Waals surface area contributed by atoms with Gasteiger partial charge < -0.3 is 15.0 Å². The summed E-state index contributed by atoms with van der Waals surface area (Å²) < 4.78 is 2.24. The molecule has 104 valence electrons. The summed E-state index contributed by atoms with van der Waals surface area (Å²) in [6.07, 6.45) is 1.88. The summed E-state index contributed by atoms with van der Waals surface area (Å²) in [6.45, 7) is 6.40. The van der Waals surface area contributed by atoms with Crippen LogP contribution < -0.4 is 5.32 Å². The van der Waals surface area contributed by atoms with Crippen LogP contribution in [-0.4, -0.2) is 27.8 Å². The maximum atomic E-state index is 8.86. The number of nitrogens with zero attached hydrogens (tertiary/aromatic N) is 2. The van der Waals surface area contributed by atoms with Gasteiger partial charge in [0.05, 0.1) is 11.0 Å². The molecule has 1 aromatic carbocycles. The van der Waals surface area contributed by atoms with E-state index in [4.69, 9.17) is 5.11 Å². The van der Waals surface area contributed by atoms with E-state index in [2.05, 4.69) is 34.8 Å². The summed E-state index contributed by atoms with van der Waals surface area (Å²) in [7, 11) is 0. The topological polar surface area (TPSA) is 50.1 Å². The zero-order valence-electron chi connectivity index (χ0n) is 11.8. The lowest BCUT2D eigenvalue weighted by Gasteiger charge is -2.11. The number of aliphatic hydroxyl groups is 1. The molecule has 0 fully saturated rings. The zero-order chi connectivity index (χ0) is 13.7. The molecule has 4 heteroatoms. The molecule has 4 nitrogen and oxygen atoms in total. The number of nitrogens with one attached hydrogen (secondary N) is 1. The molecule has 1 aromatic heterocycles. The lowest BCUT2D eigenvalue weighted by Crippen LogP contribution is -2.11. The summed E-state index contributed by atoms with van der Waals surface area (Å²) in [5.41, 5.74) is 2.20. The highest BCUT2D eigenvalue weighted by molar-refractivity contribution is 5.78. The highest BCUT2D eigenvalue weighted by atomic mass is 16.3. The van der Waals surface area contributed by atoms with Crippen LogP contribution in [0.3, 0.4) is 0 Å². The largest absolute Gasteiger partial charge is 0.396 e. The quantitative estimate of drug-likeness (QED) is 0.753. The molecule has 0 aliphatic rings. The first-order valence-corrected chi connectivity index (χ1v) is 7.02. The predicted molar refractivity (Wildman–Crippen MR) is 79.4 cm³/mol.